The average Bonchev–Trinajstić information content (AvgIpc) is 2.68. The molecule has 4 atom stereocenters. The Morgan fingerprint density at radius 3 is 2.59 bits per heavy atom. The van der Waals surface area contributed by atoms with Gasteiger partial charge in [0.25, 0.3) is 0 Å². The van der Waals surface area contributed by atoms with Gasteiger partial charge in [-0.3, -0.25) is 14.4 Å². The van der Waals surface area contributed by atoms with Gasteiger partial charge in [0.05, 0.1) is 18.6 Å². The number of carbonyl (C=O) groups excluding carboxylic acids is 4. The van der Waals surface area contributed by atoms with Crippen LogP contribution < -0.4 is 0 Å². The maximum Gasteiger partial charge on any atom is 0.337 e. The predicted molar refractivity (Wildman–Crippen MR) is 69.0 cm³/mol. The summed E-state index contributed by atoms with van der Waals surface area (Å²) >= 11 is 0. The molecule has 2 aliphatic rings. The molecule has 120 valence electrons. The minimum absolute atomic E-state index is 0.00499. The molecule has 0 aromatic carbocycles. The largest absolute Gasteiger partial charge is 0.466 e. The van der Waals surface area contributed by atoms with E-state index < -0.39 is 47.2 Å². The van der Waals surface area contributed by atoms with Crippen molar-refractivity contribution in [3.05, 3.63) is 11.8 Å². The first-order valence-electron chi connectivity index (χ1n) is 6.70. The number of hydrogen-bond acceptors (Lipinski definition) is 8. The topological polar surface area (TPSA) is 116 Å². The zero-order chi connectivity index (χ0) is 16.7. The monoisotopic (exact) mass is 312 g/mol. The number of ether oxygens (including phenoxy) is 3. The van der Waals surface area contributed by atoms with Gasteiger partial charge in [0, 0.05) is 6.42 Å². The van der Waals surface area contributed by atoms with Crippen LogP contribution in [0.5, 0.6) is 0 Å². The van der Waals surface area contributed by atoms with E-state index in [1.165, 1.54) is 6.92 Å². The molecule has 0 aromatic rings. The fourth-order valence-corrected chi connectivity index (χ4v) is 2.77. The van der Waals surface area contributed by atoms with Crippen molar-refractivity contribution in [3.63, 3.8) is 0 Å². The molecule has 2 rings (SSSR count). The van der Waals surface area contributed by atoms with Gasteiger partial charge in [-0.05, 0) is 6.92 Å². The third kappa shape index (κ3) is 2.29. The van der Waals surface area contributed by atoms with Crippen LogP contribution >= 0.6 is 0 Å². The maximum absolute atomic E-state index is 12.3. The molecule has 0 saturated heterocycles. The van der Waals surface area contributed by atoms with Crippen molar-refractivity contribution in [1.29, 1.82) is 0 Å². The van der Waals surface area contributed by atoms with Crippen molar-refractivity contribution < 1.29 is 38.5 Å². The fourth-order valence-electron chi connectivity index (χ4n) is 2.77. The van der Waals surface area contributed by atoms with E-state index in [0.29, 0.717) is 0 Å². The zero-order valence-corrected chi connectivity index (χ0v) is 12.3. The Kier molecular flexibility index (Phi) is 4.06. The zero-order valence-electron chi connectivity index (χ0n) is 12.3. The van der Waals surface area contributed by atoms with E-state index >= 15 is 0 Å². The lowest BCUT2D eigenvalue weighted by atomic mass is 9.81. The van der Waals surface area contributed by atoms with Crippen molar-refractivity contribution in [2.24, 2.45) is 11.8 Å². The van der Waals surface area contributed by atoms with Crippen LogP contribution in [0.2, 0.25) is 0 Å². The average molecular weight is 312 g/mol. The molecule has 1 fully saturated rings. The summed E-state index contributed by atoms with van der Waals surface area (Å²) in [5.41, 5.74) is -2.24. The van der Waals surface area contributed by atoms with E-state index in [0.717, 1.165) is 20.3 Å². The van der Waals surface area contributed by atoms with Gasteiger partial charge >= 0.3 is 17.9 Å². The number of ketones is 1. The van der Waals surface area contributed by atoms with Crippen LogP contribution in [-0.2, 0) is 33.4 Å². The second kappa shape index (κ2) is 5.53. The summed E-state index contributed by atoms with van der Waals surface area (Å²) in [6.07, 6.45) is -0.562. The summed E-state index contributed by atoms with van der Waals surface area (Å²) in [4.78, 5) is 47.6. The molecular weight excluding hydrogens is 296 g/mol. The molecule has 1 aliphatic carbocycles. The Hall–Kier alpha value is -2.22. The van der Waals surface area contributed by atoms with E-state index in [4.69, 9.17) is 9.47 Å². The van der Waals surface area contributed by atoms with Crippen LogP contribution in [0.4, 0.5) is 0 Å². The number of esters is 3. The van der Waals surface area contributed by atoms with Crippen LogP contribution in [0.15, 0.2) is 11.8 Å². The molecule has 0 aromatic heterocycles. The third-order valence-electron chi connectivity index (χ3n) is 3.93. The van der Waals surface area contributed by atoms with Crippen molar-refractivity contribution >= 4 is 23.7 Å². The highest BCUT2D eigenvalue weighted by atomic mass is 16.6. The highest BCUT2D eigenvalue weighted by Gasteiger charge is 2.65. The summed E-state index contributed by atoms with van der Waals surface area (Å²) in [7, 11) is 1.12. The third-order valence-corrected chi connectivity index (χ3v) is 3.93. The van der Waals surface area contributed by atoms with Gasteiger partial charge in [-0.2, -0.15) is 0 Å². The van der Waals surface area contributed by atoms with Crippen LogP contribution in [0.1, 0.15) is 20.3 Å². The Balaban J connectivity index is 2.50. The molecule has 1 aliphatic heterocycles. The second-order valence-corrected chi connectivity index (χ2v) is 5.28. The van der Waals surface area contributed by atoms with Crippen molar-refractivity contribution in [2.75, 3.05) is 7.11 Å². The van der Waals surface area contributed by atoms with Crippen LogP contribution in [-0.4, -0.2) is 47.6 Å². The Morgan fingerprint density at radius 2 is 2.05 bits per heavy atom. The quantitative estimate of drug-likeness (QED) is 0.547. The number of aliphatic hydroxyl groups is 1. The molecule has 0 radical (unpaired) electrons. The molecule has 22 heavy (non-hydrogen) atoms. The molecule has 1 N–H and O–H groups in total. The van der Waals surface area contributed by atoms with Gasteiger partial charge in [0.1, 0.15) is 17.8 Å². The van der Waals surface area contributed by atoms with Gasteiger partial charge < -0.3 is 19.3 Å². The lowest BCUT2D eigenvalue weighted by Gasteiger charge is -2.29. The van der Waals surface area contributed by atoms with E-state index in [-0.39, 0.29) is 12.0 Å². The summed E-state index contributed by atoms with van der Waals surface area (Å²) in [6, 6.07) is 0. The van der Waals surface area contributed by atoms with Crippen molar-refractivity contribution in [2.45, 2.75) is 32.0 Å². The number of carbonyl (C=O) groups is 4. The summed E-state index contributed by atoms with van der Waals surface area (Å²) in [5, 5.41) is 10.3. The Labute approximate surface area is 126 Å². The second-order valence-electron chi connectivity index (χ2n) is 5.28. The van der Waals surface area contributed by atoms with Crippen molar-refractivity contribution in [1.82, 2.24) is 0 Å². The lowest BCUT2D eigenvalue weighted by Crippen LogP contribution is -2.44. The molecule has 0 bridgehead atoms. The molecule has 0 amide bonds. The molecule has 8 heteroatoms. The summed E-state index contributed by atoms with van der Waals surface area (Å²) in [6.45, 7) is 2.66. The van der Waals surface area contributed by atoms with E-state index in [2.05, 4.69) is 4.74 Å². The number of cyclic esters (lactones) is 1. The first-order valence-corrected chi connectivity index (χ1v) is 6.70. The smallest absolute Gasteiger partial charge is 0.337 e. The minimum atomic E-state index is -2.10. The number of hydrogen-bond donors (Lipinski definition) is 1. The molecule has 0 spiro atoms. The number of fused-ring (bicyclic) bond motifs is 1. The Morgan fingerprint density at radius 1 is 1.41 bits per heavy atom. The van der Waals surface area contributed by atoms with E-state index in [1.54, 1.807) is 0 Å². The molecule has 1 heterocycles. The van der Waals surface area contributed by atoms with Gasteiger partial charge in [0.2, 0.25) is 5.78 Å². The van der Waals surface area contributed by atoms with Gasteiger partial charge in [-0.25, -0.2) is 4.79 Å². The van der Waals surface area contributed by atoms with E-state index in [9.17, 15) is 24.3 Å². The SMILES string of the molecule is CCC(=O)O[C@@H]1C(=O)[C@](C)(O)[C@H]2C(=O)OC=C(C(=O)OC)[C@@H]12. The number of Topliss-reactive ketones (excluding diaryl/α,β-unsaturated/α-hetero) is 1. The van der Waals surface area contributed by atoms with E-state index in [1.807, 2.05) is 0 Å². The predicted octanol–water partition coefficient (Wildman–Crippen LogP) is -0.512. The summed E-state index contributed by atoms with van der Waals surface area (Å²) in [5.74, 6) is -5.70. The lowest BCUT2D eigenvalue weighted by molar-refractivity contribution is -0.158. The molecule has 1 saturated carbocycles. The Bertz CT molecular complexity index is 573. The summed E-state index contributed by atoms with van der Waals surface area (Å²) < 4.78 is 14.4. The highest BCUT2D eigenvalue weighted by molar-refractivity contribution is 6.04. The van der Waals surface area contributed by atoms with Gasteiger partial charge in [0.15, 0.2) is 6.10 Å². The number of methoxy groups -OCH3 is 1. The van der Waals surface area contributed by atoms with Crippen LogP contribution in [0.25, 0.3) is 0 Å². The minimum Gasteiger partial charge on any atom is -0.466 e. The first kappa shape index (κ1) is 16.2. The molecule has 8 nitrogen and oxygen atoms in total. The highest BCUT2D eigenvalue weighted by Crippen LogP contribution is 2.46. The van der Waals surface area contributed by atoms with Gasteiger partial charge in [-0.1, -0.05) is 6.92 Å². The van der Waals surface area contributed by atoms with Crippen molar-refractivity contribution in [3.8, 4) is 0 Å². The first-order chi connectivity index (χ1) is 10.3. The van der Waals surface area contributed by atoms with Gasteiger partial charge in [-0.15, -0.1) is 0 Å². The normalized spacial score (nSPS) is 33.6. The van der Waals surface area contributed by atoms with Crippen LogP contribution in [0, 0.1) is 11.8 Å². The molecular formula is C14H16O8. The van der Waals surface area contributed by atoms with Crippen LogP contribution in [0.3, 0.4) is 0 Å². The fraction of sp³-hybridized carbons (Fsp3) is 0.571. The molecule has 0 unspecified atom stereocenters. The standard InChI is InChI=1S/C14H16O8/c1-4-7(15)22-10-8-6(12(17)20-3)5-21-13(18)9(8)14(2,19)11(10)16/h5,8-10,19H,4H2,1-3H3/t8-,9-,10+,14-/m1/s1. The number of rotatable bonds is 3. The maximum atomic E-state index is 12.3.